The van der Waals surface area contributed by atoms with E-state index < -0.39 is 7.92 Å². The minimum absolute atomic E-state index is 0.115. The summed E-state index contributed by atoms with van der Waals surface area (Å²) in [5.41, 5.74) is 0. The third-order valence-corrected chi connectivity index (χ3v) is 8.78. The van der Waals surface area contributed by atoms with Gasteiger partial charge in [0.2, 0.25) is 0 Å². The monoisotopic (exact) mass is 433 g/mol. The highest BCUT2D eigenvalue weighted by Gasteiger charge is 2.32. The molecule has 0 N–H and O–H groups in total. The fourth-order valence-electron chi connectivity index (χ4n) is 3.77. The number of aromatic nitrogens is 3. The number of hydrogen-bond acceptors (Lipinski definition) is 3. The molecule has 1 unspecified atom stereocenters. The van der Waals surface area contributed by atoms with Crippen molar-refractivity contribution in [1.29, 1.82) is 0 Å². The predicted octanol–water partition coefficient (Wildman–Crippen LogP) is 5.93. The van der Waals surface area contributed by atoms with Gasteiger partial charge in [0, 0.05) is 10.7 Å². The smallest absolute Gasteiger partial charge is 0.115 e. The quantitative estimate of drug-likeness (QED) is 0.356. The lowest BCUT2D eigenvalue weighted by atomic mass is 10.0. The predicted molar refractivity (Wildman–Crippen MR) is 130 cm³/mol. The highest BCUT2D eigenvalue weighted by atomic mass is 32.2. The Kier molecular flexibility index (Phi) is 6.26. The second-order valence-corrected chi connectivity index (χ2v) is 12.5. The molecule has 0 radical (unpaired) electrons. The van der Waals surface area contributed by atoms with Crippen LogP contribution < -0.4 is 10.6 Å². The fourth-order valence-corrected chi connectivity index (χ4v) is 7.47. The Labute approximate surface area is 185 Å². The molecule has 154 valence electrons. The van der Waals surface area contributed by atoms with E-state index in [4.69, 9.17) is 0 Å². The molecule has 0 amide bonds. The average molecular weight is 434 g/mol. The van der Waals surface area contributed by atoms with Gasteiger partial charge < -0.3 is 0 Å². The highest BCUT2D eigenvalue weighted by molar-refractivity contribution is 8.00. The van der Waals surface area contributed by atoms with Crippen molar-refractivity contribution in [3.63, 3.8) is 0 Å². The molecule has 0 bridgehead atoms. The summed E-state index contributed by atoms with van der Waals surface area (Å²) in [6, 6.07) is 22.0. The topological polar surface area (TPSA) is 30.7 Å². The molecule has 0 saturated heterocycles. The van der Waals surface area contributed by atoms with Crippen LogP contribution in [0, 0.1) is 5.92 Å². The first-order chi connectivity index (χ1) is 14.4. The fraction of sp³-hybridized carbons (Fsp3) is 0.280. The number of benzene rings is 2. The Morgan fingerprint density at radius 2 is 1.57 bits per heavy atom. The zero-order chi connectivity index (χ0) is 21.1. The number of thioether (sulfide) groups is 1. The SMILES string of the molecule is C[C@H](C1C=CC=C1P(c1ccccc1)c1ccccc1)n1nncc1SC(C)(C)C. The largest absolute Gasteiger partial charge is 0.235 e. The molecule has 5 heteroatoms. The van der Waals surface area contributed by atoms with Crippen LogP contribution in [0.3, 0.4) is 0 Å². The molecule has 0 aliphatic heterocycles. The van der Waals surface area contributed by atoms with E-state index in [1.807, 2.05) is 18.0 Å². The summed E-state index contributed by atoms with van der Waals surface area (Å²) in [7, 11) is -0.606. The molecule has 0 spiro atoms. The molecule has 1 aromatic heterocycles. The van der Waals surface area contributed by atoms with Crippen LogP contribution >= 0.6 is 19.7 Å². The summed E-state index contributed by atoms with van der Waals surface area (Å²) < 4.78 is 2.22. The number of allylic oxidation sites excluding steroid dienone is 4. The van der Waals surface area contributed by atoms with Gasteiger partial charge in [-0.1, -0.05) is 117 Å². The van der Waals surface area contributed by atoms with Crippen molar-refractivity contribution in [2.75, 3.05) is 0 Å². The van der Waals surface area contributed by atoms with Crippen molar-refractivity contribution < 1.29 is 0 Å². The van der Waals surface area contributed by atoms with E-state index in [1.54, 1.807) is 0 Å². The Hall–Kier alpha value is -2.16. The minimum atomic E-state index is -0.606. The van der Waals surface area contributed by atoms with Gasteiger partial charge in [0.05, 0.1) is 12.2 Å². The summed E-state index contributed by atoms with van der Waals surface area (Å²) >= 11 is 1.82. The van der Waals surface area contributed by atoms with Gasteiger partial charge in [0.25, 0.3) is 0 Å². The zero-order valence-corrected chi connectivity index (χ0v) is 19.6. The molecule has 0 saturated carbocycles. The Balaban J connectivity index is 1.70. The maximum absolute atomic E-state index is 4.48. The first kappa shape index (κ1) is 21.1. The van der Waals surface area contributed by atoms with Crippen molar-refractivity contribution in [3.8, 4) is 0 Å². The standard InChI is InChI=1S/C25H28N3PS/c1-19(28-24(18-26-27-28)30-25(2,3)4)22-16-11-17-23(22)29(20-12-7-5-8-13-20)21-14-9-6-10-15-21/h5-19,22H,1-4H3/t19-,22?/m1/s1. The van der Waals surface area contributed by atoms with Crippen molar-refractivity contribution in [2.24, 2.45) is 5.92 Å². The van der Waals surface area contributed by atoms with Crippen LogP contribution in [0.15, 0.2) is 95.4 Å². The van der Waals surface area contributed by atoms with E-state index in [2.05, 4.69) is 122 Å². The molecular formula is C25H28N3PS. The number of rotatable bonds is 6. The average Bonchev–Trinajstić information content (AvgIpc) is 3.38. The molecule has 1 aliphatic carbocycles. The van der Waals surface area contributed by atoms with Crippen LogP contribution in [0.4, 0.5) is 0 Å². The Morgan fingerprint density at radius 1 is 0.967 bits per heavy atom. The summed E-state index contributed by atoms with van der Waals surface area (Å²) in [4.78, 5) is 0. The maximum atomic E-state index is 4.48. The van der Waals surface area contributed by atoms with Gasteiger partial charge in [-0.2, -0.15) is 0 Å². The van der Waals surface area contributed by atoms with Crippen molar-refractivity contribution in [1.82, 2.24) is 15.0 Å². The van der Waals surface area contributed by atoms with Crippen molar-refractivity contribution in [2.45, 2.75) is 43.5 Å². The van der Waals surface area contributed by atoms with Gasteiger partial charge in [0.1, 0.15) is 5.03 Å². The normalized spacial score (nSPS) is 17.4. The van der Waals surface area contributed by atoms with E-state index in [1.165, 1.54) is 15.9 Å². The number of nitrogens with zero attached hydrogens (tertiary/aromatic N) is 3. The molecule has 2 atom stereocenters. The van der Waals surface area contributed by atoms with E-state index in [0.29, 0.717) is 0 Å². The van der Waals surface area contributed by atoms with E-state index in [0.717, 1.165) is 5.03 Å². The summed E-state index contributed by atoms with van der Waals surface area (Å²) in [6.07, 6.45) is 8.76. The molecule has 30 heavy (non-hydrogen) atoms. The maximum Gasteiger partial charge on any atom is 0.115 e. The van der Waals surface area contributed by atoms with Gasteiger partial charge in [-0.05, 0) is 30.8 Å². The highest BCUT2D eigenvalue weighted by Crippen LogP contribution is 2.52. The lowest BCUT2D eigenvalue weighted by Gasteiger charge is -2.29. The zero-order valence-electron chi connectivity index (χ0n) is 17.9. The van der Waals surface area contributed by atoms with Gasteiger partial charge in [-0.15, -0.1) is 5.10 Å². The van der Waals surface area contributed by atoms with Crippen molar-refractivity contribution in [3.05, 3.63) is 90.4 Å². The summed E-state index contributed by atoms with van der Waals surface area (Å²) in [5.74, 6) is 0.289. The van der Waals surface area contributed by atoms with Crippen LogP contribution in [0.1, 0.15) is 33.7 Å². The van der Waals surface area contributed by atoms with E-state index in [-0.39, 0.29) is 16.7 Å². The molecule has 0 fully saturated rings. The van der Waals surface area contributed by atoms with E-state index >= 15 is 0 Å². The van der Waals surface area contributed by atoms with Crippen LogP contribution in [0.25, 0.3) is 0 Å². The number of hydrogen-bond donors (Lipinski definition) is 0. The van der Waals surface area contributed by atoms with E-state index in [9.17, 15) is 0 Å². The van der Waals surface area contributed by atoms with Gasteiger partial charge >= 0.3 is 0 Å². The molecule has 3 nitrogen and oxygen atoms in total. The lowest BCUT2D eigenvalue weighted by molar-refractivity contribution is 0.395. The van der Waals surface area contributed by atoms with Gasteiger partial charge in [-0.25, -0.2) is 4.68 Å². The molecular weight excluding hydrogens is 405 g/mol. The molecule has 3 aromatic rings. The van der Waals surface area contributed by atoms with Gasteiger partial charge in [0.15, 0.2) is 0 Å². The first-order valence-corrected chi connectivity index (χ1v) is 12.5. The third-order valence-electron chi connectivity index (χ3n) is 5.07. The van der Waals surface area contributed by atoms with Crippen LogP contribution in [-0.4, -0.2) is 19.7 Å². The van der Waals surface area contributed by atoms with Crippen LogP contribution in [0.2, 0.25) is 0 Å². The third kappa shape index (κ3) is 4.61. The summed E-state index contributed by atoms with van der Waals surface area (Å²) in [6.45, 7) is 8.94. The molecule has 1 aliphatic rings. The molecule has 2 aromatic carbocycles. The van der Waals surface area contributed by atoms with Crippen LogP contribution in [0.5, 0.6) is 0 Å². The second-order valence-electron chi connectivity index (χ2n) is 8.48. The van der Waals surface area contributed by atoms with Crippen molar-refractivity contribution >= 4 is 30.3 Å². The Bertz CT molecular complexity index is 996. The molecule has 4 rings (SSSR count). The Morgan fingerprint density at radius 3 is 2.13 bits per heavy atom. The molecule has 1 heterocycles. The van der Waals surface area contributed by atoms with Gasteiger partial charge in [-0.3, -0.25) is 0 Å². The minimum Gasteiger partial charge on any atom is -0.235 e. The summed E-state index contributed by atoms with van der Waals surface area (Å²) in [5, 5.41) is 14.1. The lowest BCUT2D eigenvalue weighted by Crippen LogP contribution is -2.22. The second kappa shape index (κ2) is 8.91. The van der Waals surface area contributed by atoms with Crippen LogP contribution in [-0.2, 0) is 0 Å². The first-order valence-electron chi connectivity index (χ1n) is 10.3.